The van der Waals surface area contributed by atoms with Crippen LogP contribution in [0.15, 0.2) is 29.1 Å². The van der Waals surface area contributed by atoms with Crippen LogP contribution in [0, 0.1) is 11.8 Å². The number of aryl methyl sites for hydroxylation is 1. The first kappa shape index (κ1) is 18.7. The van der Waals surface area contributed by atoms with Crippen molar-refractivity contribution in [2.24, 2.45) is 0 Å². The highest BCUT2D eigenvalue weighted by molar-refractivity contribution is 5.67. The standard InChI is InChI=1S/C20H20N2O6/c23-20-21-19(27-13-16-12-25-8-9-26-16)11-18-17-4-3-14(2-1-7-28-24)10-15(17)5-6-22(18)20/h3-4,10-11,16,24H,5-9,12-13H2/t16-/m0/s1. The molecule has 1 saturated heterocycles. The Morgan fingerprint density at radius 2 is 2.25 bits per heavy atom. The molecular weight excluding hydrogens is 364 g/mol. The normalized spacial score (nSPS) is 17.8. The van der Waals surface area contributed by atoms with E-state index >= 15 is 0 Å². The van der Waals surface area contributed by atoms with Crippen molar-refractivity contribution in [3.8, 4) is 29.0 Å². The van der Waals surface area contributed by atoms with E-state index in [-0.39, 0.29) is 30.9 Å². The highest BCUT2D eigenvalue weighted by Gasteiger charge is 2.20. The van der Waals surface area contributed by atoms with E-state index in [1.165, 1.54) is 0 Å². The topological polar surface area (TPSA) is 92.0 Å². The monoisotopic (exact) mass is 384 g/mol. The summed E-state index contributed by atoms with van der Waals surface area (Å²) in [6.07, 6.45) is 0.550. The van der Waals surface area contributed by atoms with Gasteiger partial charge in [-0.3, -0.25) is 9.82 Å². The van der Waals surface area contributed by atoms with Gasteiger partial charge >= 0.3 is 5.69 Å². The van der Waals surface area contributed by atoms with E-state index in [4.69, 9.17) is 19.5 Å². The molecule has 2 aliphatic heterocycles. The molecule has 0 spiro atoms. The lowest BCUT2D eigenvalue weighted by molar-refractivity contribution is -0.229. The molecule has 0 unspecified atom stereocenters. The molecule has 146 valence electrons. The van der Waals surface area contributed by atoms with Gasteiger partial charge in [0.05, 0.1) is 25.5 Å². The summed E-state index contributed by atoms with van der Waals surface area (Å²) in [7, 11) is 0. The number of hydrogen-bond acceptors (Lipinski definition) is 7. The van der Waals surface area contributed by atoms with Gasteiger partial charge in [0.2, 0.25) is 5.88 Å². The quantitative estimate of drug-likeness (QED) is 0.479. The van der Waals surface area contributed by atoms with Crippen LogP contribution in [0.4, 0.5) is 0 Å². The minimum atomic E-state index is -0.331. The SMILES string of the molecule is O=c1nc(OC[C@@H]2COCCO2)cc2n1CCc1cc(C#CCOO)ccc1-2. The maximum absolute atomic E-state index is 12.4. The Labute approximate surface area is 161 Å². The molecule has 0 bridgehead atoms. The molecular formula is C20H20N2O6. The summed E-state index contributed by atoms with van der Waals surface area (Å²) >= 11 is 0. The highest BCUT2D eigenvalue weighted by atomic mass is 17.1. The van der Waals surface area contributed by atoms with Crippen molar-refractivity contribution in [1.82, 2.24) is 9.55 Å². The van der Waals surface area contributed by atoms with E-state index < -0.39 is 0 Å². The highest BCUT2D eigenvalue weighted by Crippen LogP contribution is 2.30. The van der Waals surface area contributed by atoms with Crippen molar-refractivity contribution in [1.29, 1.82) is 0 Å². The molecule has 28 heavy (non-hydrogen) atoms. The Hall–Kier alpha value is -2.70. The van der Waals surface area contributed by atoms with Crippen LogP contribution in [-0.2, 0) is 27.3 Å². The van der Waals surface area contributed by atoms with Crippen molar-refractivity contribution in [3.63, 3.8) is 0 Å². The second-order valence-corrected chi connectivity index (χ2v) is 6.49. The number of aromatic nitrogens is 2. The van der Waals surface area contributed by atoms with Gasteiger partial charge in [-0.25, -0.2) is 9.68 Å². The minimum absolute atomic E-state index is 0.0442. The van der Waals surface area contributed by atoms with E-state index in [1.807, 2.05) is 18.2 Å². The van der Waals surface area contributed by atoms with Gasteiger partial charge in [0, 0.05) is 23.7 Å². The van der Waals surface area contributed by atoms with Crippen LogP contribution in [0.2, 0.25) is 0 Å². The molecule has 4 rings (SSSR count). The van der Waals surface area contributed by atoms with Crippen LogP contribution in [0.1, 0.15) is 11.1 Å². The van der Waals surface area contributed by atoms with Gasteiger partial charge in [-0.05, 0) is 24.1 Å². The van der Waals surface area contributed by atoms with E-state index in [9.17, 15) is 4.79 Å². The second-order valence-electron chi connectivity index (χ2n) is 6.49. The molecule has 2 aliphatic rings. The van der Waals surface area contributed by atoms with Crippen molar-refractivity contribution in [2.45, 2.75) is 19.1 Å². The first-order valence-electron chi connectivity index (χ1n) is 9.07. The Kier molecular flexibility index (Phi) is 5.69. The Morgan fingerprint density at radius 3 is 3.07 bits per heavy atom. The Balaban J connectivity index is 1.58. The number of rotatable bonds is 4. The number of nitrogens with zero attached hydrogens (tertiary/aromatic N) is 2. The smallest absolute Gasteiger partial charge is 0.351 e. The summed E-state index contributed by atoms with van der Waals surface area (Å²) in [5.74, 6) is 5.93. The molecule has 0 amide bonds. The number of ether oxygens (including phenoxy) is 3. The van der Waals surface area contributed by atoms with Gasteiger partial charge in [0.15, 0.2) is 0 Å². The van der Waals surface area contributed by atoms with Crippen LogP contribution in [-0.4, -0.2) is 53.9 Å². The van der Waals surface area contributed by atoms with Crippen LogP contribution in [0.3, 0.4) is 0 Å². The van der Waals surface area contributed by atoms with Crippen molar-refractivity contribution >= 4 is 0 Å². The van der Waals surface area contributed by atoms with Gasteiger partial charge in [0.1, 0.15) is 19.3 Å². The molecule has 1 N–H and O–H groups in total. The van der Waals surface area contributed by atoms with Gasteiger partial charge < -0.3 is 14.2 Å². The largest absolute Gasteiger partial charge is 0.475 e. The summed E-state index contributed by atoms with van der Waals surface area (Å²) in [4.78, 5) is 20.4. The van der Waals surface area contributed by atoms with E-state index in [1.54, 1.807) is 10.6 Å². The van der Waals surface area contributed by atoms with Crippen molar-refractivity contribution in [2.75, 3.05) is 33.0 Å². The first-order chi connectivity index (χ1) is 13.7. The third kappa shape index (κ3) is 4.08. The van der Waals surface area contributed by atoms with Crippen molar-refractivity contribution < 1.29 is 24.4 Å². The fourth-order valence-corrected chi connectivity index (χ4v) is 3.34. The van der Waals surface area contributed by atoms with Crippen molar-refractivity contribution in [3.05, 3.63) is 45.9 Å². The fourth-order valence-electron chi connectivity index (χ4n) is 3.34. The molecule has 0 radical (unpaired) electrons. The average Bonchev–Trinajstić information content (AvgIpc) is 2.73. The Bertz CT molecular complexity index is 969. The summed E-state index contributed by atoms with van der Waals surface area (Å²) in [6, 6.07) is 7.58. The van der Waals surface area contributed by atoms with E-state index in [0.29, 0.717) is 32.8 Å². The predicted octanol–water partition coefficient (Wildman–Crippen LogP) is 1.10. The maximum atomic E-state index is 12.4. The molecule has 0 saturated carbocycles. The number of hydrogen-bond donors (Lipinski definition) is 1. The average molecular weight is 384 g/mol. The lowest BCUT2D eigenvalue weighted by Gasteiger charge is -2.24. The molecule has 8 heteroatoms. The predicted molar refractivity (Wildman–Crippen MR) is 99.1 cm³/mol. The van der Waals surface area contributed by atoms with E-state index in [2.05, 4.69) is 21.7 Å². The third-order valence-electron chi connectivity index (χ3n) is 4.65. The van der Waals surface area contributed by atoms with Crippen LogP contribution < -0.4 is 10.4 Å². The summed E-state index contributed by atoms with van der Waals surface area (Å²) in [5.41, 5.74) is 3.32. The minimum Gasteiger partial charge on any atom is -0.475 e. The van der Waals surface area contributed by atoms with Gasteiger partial charge in [0.25, 0.3) is 0 Å². The van der Waals surface area contributed by atoms with Crippen LogP contribution >= 0.6 is 0 Å². The second kappa shape index (κ2) is 8.54. The lowest BCUT2D eigenvalue weighted by atomic mass is 9.95. The maximum Gasteiger partial charge on any atom is 0.351 e. The van der Waals surface area contributed by atoms with Gasteiger partial charge in [-0.15, -0.1) is 0 Å². The molecule has 3 heterocycles. The molecule has 1 aromatic heterocycles. The fraction of sp³-hybridized carbons (Fsp3) is 0.400. The molecule has 1 atom stereocenters. The molecule has 2 aromatic rings. The van der Waals surface area contributed by atoms with Gasteiger partial charge in [-0.2, -0.15) is 4.98 Å². The molecule has 0 aliphatic carbocycles. The summed E-state index contributed by atoms with van der Waals surface area (Å²) in [5, 5.41) is 8.36. The van der Waals surface area contributed by atoms with Gasteiger partial charge in [-0.1, -0.05) is 17.9 Å². The zero-order valence-electron chi connectivity index (χ0n) is 15.2. The zero-order chi connectivity index (χ0) is 19.3. The molecule has 1 fully saturated rings. The number of benzene rings is 1. The summed E-state index contributed by atoms with van der Waals surface area (Å²) < 4.78 is 18.3. The Morgan fingerprint density at radius 1 is 1.32 bits per heavy atom. The van der Waals surface area contributed by atoms with Crippen LogP contribution in [0.25, 0.3) is 11.3 Å². The van der Waals surface area contributed by atoms with E-state index in [0.717, 1.165) is 22.4 Å². The molecule has 1 aromatic carbocycles. The summed E-state index contributed by atoms with van der Waals surface area (Å²) in [6.45, 7) is 2.38. The third-order valence-corrected chi connectivity index (χ3v) is 4.65. The first-order valence-corrected chi connectivity index (χ1v) is 9.07. The zero-order valence-corrected chi connectivity index (χ0v) is 15.2. The number of fused-ring (bicyclic) bond motifs is 3. The van der Waals surface area contributed by atoms with Crippen LogP contribution in [0.5, 0.6) is 5.88 Å². The molecule has 8 nitrogen and oxygen atoms in total. The lowest BCUT2D eigenvalue weighted by Crippen LogP contribution is -2.34.